The molecule has 4 atom stereocenters. The molecule has 2 fully saturated rings. The molecule has 2 aliphatic rings. The number of nitrogens with zero attached hydrogens (tertiary/aromatic N) is 2. The Hall–Kier alpha value is 0.414. The first-order chi connectivity index (χ1) is 11.8. The molecule has 150 valence electrons. The average Bonchev–Trinajstić information content (AvgIpc) is 2.55. The maximum absolute atomic E-state index is 5.10. The van der Waals surface area contributed by atoms with Gasteiger partial charge in [-0.15, -0.1) is 0 Å². The van der Waals surface area contributed by atoms with Crippen molar-refractivity contribution in [3.8, 4) is 0 Å². The summed E-state index contributed by atoms with van der Waals surface area (Å²) in [6, 6.07) is 1.00. The van der Waals surface area contributed by atoms with Gasteiger partial charge in [-0.05, 0) is 63.2 Å². The van der Waals surface area contributed by atoms with Gasteiger partial charge in [-0.2, -0.15) is 0 Å². The van der Waals surface area contributed by atoms with E-state index in [1.54, 1.807) is 0 Å². The van der Waals surface area contributed by atoms with E-state index in [1.807, 2.05) is 0 Å². The average molecular weight is 434 g/mol. The summed E-state index contributed by atoms with van der Waals surface area (Å²) in [4.78, 5) is 10.2. The van der Waals surface area contributed by atoms with E-state index in [4.69, 9.17) is 30.4 Å². The Morgan fingerprint density at radius 3 is 1.16 bits per heavy atom. The van der Waals surface area contributed by atoms with Crippen molar-refractivity contribution in [1.29, 1.82) is 0 Å². The third kappa shape index (κ3) is 7.51. The van der Waals surface area contributed by atoms with Crippen LogP contribution in [0.2, 0.25) is 0 Å². The first-order valence-electron chi connectivity index (χ1n) is 9.73. The zero-order valence-electron chi connectivity index (χ0n) is 16.7. The van der Waals surface area contributed by atoms with Gasteiger partial charge in [0, 0.05) is 0 Å². The molecule has 5 heteroatoms. The van der Waals surface area contributed by atoms with Gasteiger partial charge in [0.1, 0.15) is 0 Å². The van der Waals surface area contributed by atoms with Gasteiger partial charge in [0.05, 0.1) is 23.5 Å². The second kappa shape index (κ2) is 12.0. The van der Waals surface area contributed by atoms with Crippen molar-refractivity contribution in [2.45, 2.75) is 92.2 Å². The Balaban J connectivity index is 0.000000970. The summed E-state index contributed by atoms with van der Waals surface area (Å²) in [7, 11) is 9.40. The molecule has 0 aromatic carbocycles. The van der Waals surface area contributed by atoms with Crippen LogP contribution in [-0.4, -0.2) is 23.5 Å². The second-order valence-electron chi connectivity index (χ2n) is 8.23. The van der Waals surface area contributed by atoms with Crippen LogP contribution in [-0.2, 0) is 12.7 Å². The van der Waals surface area contributed by atoms with E-state index in [1.165, 1.54) is 49.9 Å². The van der Waals surface area contributed by atoms with E-state index < -0.39 is 0 Å². The standard InChI is InChI=1S/C20H36N2.2ClH.Ni/c1-13-9-7-10-14(2)19(13)21-17(5)18(6)22-20-15(3)11-8-12-16(20)4;;;/h13-16,19-20H,7-12H2,1-6H3;2*1H;/q;;;+2/p-2. The number of halogens is 2. The molecule has 0 spiro atoms. The zero-order valence-corrected chi connectivity index (χ0v) is 19.2. The van der Waals surface area contributed by atoms with Gasteiger partial charge in [-0.1, -0.05) is 40.5 Å². The normalized spacial score (nSPS) is 37.4. The van der Waals surface area contributed by atoms with E-state index >= 15 is 0 Å². The van der Waals surface area contributed by atoms with E-state index in [-0.39, 0.29) is 0 Å². The molecule has 0 aliphatic heterocycles. The van der Waals surface area contributed by atoms with Gasteiger partial charge in [0.2, 0.25) is 0 Å². The van der Waals surface area contributed by atoms with Crippen LogP contribution in [0.15, 0.2) is 9.98 Å². The fourth-order valence-electron chi connectivity index (χ4n) is 4.47. The summed E-state index contributed by atoms with van der Waals surface area (Å²) in [5.74, 6) is 2.89. The molecule has 0 radical (unpaired) electrons. The molecule has 0 N–H and O–H groups in total. The summed E-state index contributed by atoms with van der Waals surface area (Å²) in [5.41, 5.74) is 2.35. The molecule has 2 rings (SSSR count). The molecule has 4 unspecified atom stereocenters. The summed E-state index contributed by atoms with van der Waals surface area (Å²) in [6.45, 7) is 13.8. The van der Waals surface area contributed by atoms with E-state index in [0.717, 1.165) is 23.7 Å². The third-order valence-electron chi connectivity index (χ3n) is 6.18. The summed E-state index contributed by atoms with van der Waals surface area (Å²) >= 11 is 0.569. The summed E-state index contributed by atoms with van der Waals surface area (Å²) in [6.07, 6.45) is 8.07. The minimum atomic E-state index is 0.500. The molecule has 2 nitrogen and oxygen atoms in total. The second-order valence-corrected chi connectivity index (χ2v) is 9.86. The topological polar surface area (TPSA) is 24.7 Å². The molecule has 0 heterocycles. The van der Waals surface area contributed by atoms with Gasteiger partial charge in [0.25, 0.3) is 0 Å². The molecular formula is C20H36Cl2N2Ni. The van der Waals surface area contributed by atoms with E-state index in [2.05, 4.69) is 41.5 Å². The number of hydrogen-bond donors (Lipinski definition) is 0. The Morgan fingerprint density at radius 1 is 0.680 bits per heavy atom. The molecule has 0 aromatic rings. The molecule has 0 amide bonds. The molecule has 0 saturated heterocycles. The van der Waals surface area contributed by atoms with Crippen LogP contribution in [0.1, 0.15) is 80.1 Å². The van der Waals surface area contributed by atoms with Crippen LogP contribution in [0.4, 0.5) is 0 Å². The fraction of sp³-hybridized carbons (Fsp3) is 0.900. The van der Waals surface area contributed by atoms with Crippen molar-refractivity contribution in [3.63, 3.8) is 0 Å². The van der Waals surface area contributed by atoms with Crippen LogP contribution in [0.3, 0.4) is 0 Å². The Morgan fingerprint density at radius 2 is 0.920 bits per heavy atom. The number of aliphatic imine (C=N–C) groups is 2. The molecular weight excluding hydrogens is 398 g/mol. The molecule has 0 aromatic heterocycles. The van der Waals surface area contributed by atoms with Gasteiger partial charge in [-0.25, -0.2) is 0 Å². The van der Waals surface area contributed by atoms with Crippen molar-refractivity contribution < 1.29 is 12.7 Å². The van der Waals surface area contributed by atoms with Crippen molar-refractivity contribution in [1.82, 2.24) is 0 Å². The van der Waals surface area contributed by atoms with Gasteiger partial charge >= 0.3 is 33.0 Å². The summed E-state index contributed by atoms with van der Waals surface area (Å²) < 4.78 is 0. The Labute approximate surface area is 170 Å². The molecule has 0 bridgehead atoms. The predicted octanol–water partition coefficient (Wildman–Crippen LogP) is 6.93. The van der Waals surface area contributed by atoms with Crippen LogP contribution < -0.4 is 0 Å². The molecule has 25 heavy (non-hydrogen) atoms. The van der Waals surface area contributed by atoms with Crippen LogP contribution in [0.25, 0.3) is 0 Å². The molecule has 2 aliphatic carbocycles. The van der Waals surface area contributed by atoms with Gasteiger partial charge in [-0.3, -0.25) is 9.98 Å². The Kier molecular flexibility index (Phi) is 11.2. The SMILES string of the molecule is CC(=NC1C(C)CCCC1C)C(C)=NC1C(C)CCCC1C.[Cl][Ni][Cl]. The van der Waals surface area contributed by atoms with Crippen LogP contribution >= 0.6 is 20.4 Å². The quantitative estimate of drug-likeness (QED) is 0.340. The summed E-state index contributed by atoms with van der Waals surface area (Å²) in [5, 5.41) is 0. The minimum absolute atomic E-state index is 0.500. The van der Waals surface area contributed by atoms with E-state index in [9.17, 15) is 0 Å². The monoisotopic (exact) mass is 432 g/mol. The predicted molar refractivity (Wildman–Crippen MR) is 110 cm³/mol. The van der Waals surface area contributed by atoms with Crippen LogP contribution in [0.5, 0.6) is 0 Å². The number of hydrogen-bond acceptors (Lipinski definition) is 2. The van der Waals surface area contributed by atoms with Crippen LogP contribution in [0, 0.1) is 23.7 Å². The fourth-order valence-corrected chi connectivity index (χ4v) is 4.47. The van der Waals surface area contributed by atoms with Gasteiger partial charge in [0.15, 0.2) is 0 Å². The molecule has 2 saturated carbocycles. The zero-order chi connectivity index (χ0) is 19.0. The van der Waals surface area contributed by atoms with Crippen molar-refractivity contribution in [2.75, 3.05) is 0 Å². The maximum atomic E-state index is 5.10. The Bertz CT molecular complexity index is 393. The third-order valence-corrected chi connectivity index (χ3v) is 6.18. The van der Waals surface area contributed by atoms with Gasteiger partial charge < -0.3 is 0 Å². The van der Waals surface area contributed by atoms with E-state index in [0.29, 0.717) is 24.7 Å². The first kappa shape index (κ1) is 23.5. The van der Waals surface area contributed by atoms with Crippen molar-refractivity contribution >= 4 is 31.8 Å². The van der Waals surface area contributed by atoms with Crippen molar-refractivity contribution in [2.24, 2.45) is 33.7 Å². The first-order valence-corrected chi connectivity index (χ1v) is 12.4. The number of rotatable bonds is 3. The van der Waals surface area contributed by atoms with Crippen molar-refractivity contribution in [3.05, 3.63) is 0 Å².